The number of nitrogens with zero attached hydrogens (tertiary/aromatic N) is 1. The van der Waals surface area contributed by atoms with Gasteiger partial charge in [-0.25, -0.2) is 5.43 Å². The van der Waals surface area contributed by atoms with Crippen LogP contribution in [-0.4, -0.2) is 38.4 Å². The van der Waals surface area contributed by atoms with Crippen molar-refractivity contribution in [2.75, 3.05) is 25.6 Å². The molecule has 0 radical (unpaired) electrons. The molecule has 30 heavy (non-hydrogen) atoms. The van der Waals surface area contributed by atoms with Gasteiger partial charge in [-0.3, -0.25) is 9.59 Å². The van der Waals surface area contributed by atoms with Crippen LogP contribution in [0, 0.1) is 12.3 Å². The van der Waals surface area contributed by atoms with Gasteiger partial charge < -0.3 is 19.5 Å². The van der Waals surface area contributed by atoms with Crippen molar-refractivity contribution in [1.29, 1.82) is 0 Å². The number of anilines is 1. The van der Waals surface area contributed by atoms with Crippen LogP contribution in [0.2, 0.25) is 0 Å². The van der Waals surface area contributed by atoms with E-state index in [2.05, 4.69) is 21.8 Å². The molecule has 156 valence electrons. The summed E-state index contributed by atoms with van der Waals surface area (Å²) in [5.41, 5.74) is 3.56. The Morgan fingerprint density at radius 3 is 2.53 bits per heavy atom. The van der Waals surface area contributed by atoms with Crippen LogP contribution in [0.4, 0.5) is 5.69 Å². The van der Waals surface area contributed by atoms with Crippen LogP contribution in [0.5, 0.6) is 17.2 Å². The van der Waals surface area contributed by atoms with Gasteiger partial charge in [-0.05, 0) is 55.0 Å². The highest BCUT2D eigenvalue weighted by Crippen LogP contribution is 2.28. The molecule has 8 heteroatoms. The number of rotatable bonds is 10. The zero-order valence-corrected chi connectivity index (χ0v) is 16.8. The molecule has 0 aliphatic heterocycles. The average molecular weight is 409 g/mol. The summed E-state index contributed by atoms with van der Waals surface area (Å²) in [6, 6.07) is 11.9. The Hall–Kier alpha value is -3.99. The van der Waals surface area contributed by atoms with Gasteiger partial charge in [-0.1, -0.05) is 5.92 Å². The molecular weight excluding hydrogens is 386 g/mol. The Bertz CT molecular complexity index is 933. The van der Waals surface area contributed by atoms with Crippen molar-refractivity contribution in [3.05, 3.63) is 48.0 Å². The Labute approximate surface area is 175 Å². The topological polar surface area (TPSA) is 98.2 Å². The number of hydrogen-bond acceptors (Lipinski definition) is 6. The number of hydrogen-bond donors (Lipinski definition) is 2. The second-order valence-corrected chi connectivity index (χ2v) is 5.88. The normalized spacial score (nSPS) is 10.2. The molecule has 0 bridgehead atoms. The van der Waals surface area contributed by atoms with Gasteiger partial charge >= 0.3 is 0 Å². The Morgan fingerprint density at radius 2 is 1.87 bits per heavy atom. The van der Waals surface area contributed by atoms with E-state index in [9.17, 15) is 9.59 Å². The number of nitrogens with one attached hydrogen (secondary N) is 2. The van der Waals surface area contributed by atoms with Crippen LogP contribution in [0.3, 0.4) is 0 Å². The molecule has 0 unspecified atom stereocenters. The first-order valence-corrected chi connectivity index (χ1v) is 9.14. The van der Waals surface area contributed by atoms with Crippen molar-refractivity contribution >= 4 is 23.7 Å². The molecule has 2 rings (SSSR count). The van der Waals surface area contributed by atoms with Gasteiger partial charge in [0.15, 0.2) is 11.5 Å². The summed E-state index contributed by atoms with van der Waals surface area (Å²) in [7, 11) is 1.55. The molecule has 0 aliphatic carbocycles. The summed E-state index contributed by atoms with van der Waals surface area (Å²) in [6.45, 7) is 2.43. The SMILES string of the molecule is C#CCOc1ccc(C=NNC(=O)CC(=O)Nc2ccc(OC)cc2)cc1OCC. The van der Waals surface area contributed by atoms with Gasteiger partial charge in [0, 0.05) is 5.69 Å². The minimum Gasteiger partial charge on any atom is -0.497 e. The molecule has 2 aromatic carbocycles. The number of ether oxygens (including phenoxy) is 3. The highest BCUT2D eigenvalue weighted by molar-refractivity contribution is 6.03. The second kappa shape index (κ2) is 11.8. The first kappa shape index (κ1) is 22.3. The van der Waals surface area contributed by atoms with Crippen LogP contribution >= 0.6 is 0 Å². The molecule has 0 aliphatic rings. The Kier molecular flexibility index (Phi) is 8.74. The number of benzene rings is 2. The predicted molar refractivity (Wildman–Crippen MR) is 114 cm³/mol. The third-order valence-corrected chi connectivity index (χ3v) is 3.68. The molecular formula is C22H23N3O5. The lowest BCUT2D eigenvalue weighted by atomic mass is 10.2. The maximum absolute atomic E-state index is 12.0. The largest absolute Gasteiger partial charge is 0.497 e. The summed E-state index contributed by atoms with van der Waals surface area (Å²) >= 11 is 0. The van der Waals surface area contributed by atoms with Crippen molar-refractivity contribution < 1.29 is 23.8 Å². The van der Waals surface area contributed by atoms with E-state index in [1.807, 2.05) is 6.92 Å². The zero-order valence-electron chi connectivity index (χ0n) is 16.8. The summed E-state index contributed by atoms with van der Waals surface area (Å²) in [5.74, 6) is 3.10. The second-order valence-electron chi connectivity index (χ2n) is 5.88. The van der Waals surface area contributed by atoms with Gasteiger partial charge in [0.1, 0.15) is 18.8 Å². The first-order valence-electron chi connectivity index (χ1n) is 9.14. The highest BCUT2D eigenvalue weighted by Gasteiger charge is 2.09. The summed E-state index contributed by atoms with van der Waals surface area (Å²) in [4.78, 5) is 23.9. The van der Waals surface area contributed by atoms with E-state index in [0.29, 0.717) is 35.1 Å². The van der Waals surface area contributed by atoms with E-state index in [1.54, 1.807) is 49.6 Å². The van der Waals surface area contributed by atoms with Crippen LogP contribution in [0.1, 0.15) is 18.9 Å². The number of terminal acetylenes is 1. The lowest BCUT2D eigenvalue weighted by molar-refractivity contribution is -0.126. The Morgan fingerprint density at radius 1 is 1.10 bits per heavy atom. The van der Waals surface area contributed by atoms with Crippen LogP contribution in [0.15, 0.2) is 47.6 Å². The van der Waals surface area contributed by atoms with E-state index < -0.39 is 11.8 Å². The lowest BCUT2D eigenvalue weighted by Gasteiger charge is -2.10. The molecule has 2 N–H and O–H groups in total. The van der Waals surface area contributed by atoms with Crippen LogP contribution in [-0.2, 0) is 9.59 Å². The summed E-state index contributed by atoms with van der Waals surface area (Å²) < 4.78 is 16.0. The first-order chi connectivity index (χ1) is 14.5. The molecule has 0 saturated carbocycles. The van der Waals surface area contributed by atoms with Gasteiger partial charge in [-0.15, -0.1) is 6.42 Å². The van der Waals surface area contributed by atoms with Crippen molar-refractivity contribution in [2.45, 2.75) is 13.3 Å². The molecule has 0 spiro atoms. The quantitative estimate of drug-likeness (QED) is 0.272. The fourth-order valence-corrected chi connectivity index (χ4v) is 2.36. The number of hydrazone groups is 1. The molecule has 0 aromatic heterocycles. The third-order valence-electron chi connectivity index (χ3n) is 3.68. The van der Waals surface area contributed by atoms with Gasteiger partial charge in [-0.2, -0.15) is 5.10 Å². The fraction of sp³-hybridized carbons (Fsp3) is 0.227. The van der Waals surface area contributed by atoms with Crippen molar-refractivity contribution in [3.8, 4) is 29.6 Å². The van der Waals surface area contributed by atoms with Gasteiger partial charge in [0.2, 0.25) is 11.8 Å². The fourth-order valence-electron chi connectivity index (χ4n) is 2.36. The molecule has 8 nitrogen and oxygen atoms in total. The molecule has 2 amide bonds. The lowest BCUT2D eigenvalue weighted by Crippen LogP contribution is -2.24. The van der Waals surface area contributed by atoms with E-state index in [-0.39, 0.29) is 13.0 Å². The maximum atomic E-state index is 12.0. The summed E-state index contributed by atoms with van der Waals surface area (Å²) in [6.07, 6.45) is 6.27. The maximum Gasteiger partial charge on any atom is 0.249 e. The van der Waals surface area contributed by atoms with E-state index >= 15 is 0 Å². The smallest absolute Gasteiger partial charge is 0.249 e. The standard InChI is InChI=1S/C22H23N3O5/c1-4-12-30-19-11-6-16(13-20(19)29-5-2)15-23-25-22(27)14-21(26)24-17-7-9-18(28-3)10-8-17/h1,6-11,13,15H,5,12,14H2,2-3H3,(H,24,26)(H,25,27). The minimum atomic E-state index is -0.545. The van der Waals surface area contributed by atoms with Crippen LogP contribution in [0.25, 0.3) is 0 Å². The monoisotopic (exact) mass is 409 g/mol. The van der Waals surface area contributed by atoms with E-state index in [0.717, 1.165) is 0 Å². The third kappa shape index (κ3) is 7.20. The predicted octanol–water partition coefficient (Wildman–Crippen LogP) is 2.58. The number of carbonyl (C=O) groups excluding carboxylic acids is 2. The van der Waals surface area contributed by atoms with Gasteiger partial charge in [0.05, 0.1) is 19.9 Å². The van der Waals surface area contributed by atoms with Gasteiger partial charge in [0.25, 0.3) is 0 Å². The minimum absolute atomic E-state index is 0.127. The van der Waals surface area contributed by atoms with Crippen molar-refractivity contribution in [1.82, 2.24) is 5.43 Å². The Balaban J connectivity index is 1.87. The highest BCUT2D eigenvalue weighted by atomic mass is 16.5. The number of carbonyl (C=O) groups is 2. The molecule has 0 saturated heterocycles. The van der Waals surface area contributed by atoms with E-state index in [4.69, 9.17) is 20.6 Å². The number of amides is 2. The number of methoxy groups -OCH3 is 1. The van der Waals surface area contributed by atoms with Crippen LogP contribution < -0.4 is 25.0 Å². The molecule has 0 atom stereocenters. The van der Waals surface area contributed by atoms with E-state index in [1.165, 1.54) is 6.21 Å². The zero-order chi connectivity index (χ0) is 21.8. The van der Waals surface area contributed by atoms with Crippen molar-refractivity contribution in [3.63, 3.8) is 0 Å². The average Bonchev–Trinajstić information content (AvgIpc) is 2.74. The molecule has 2 aromatic rings. The summed E-state index contributed by atoms with van der Waals surface area (Å²) in [5, 5.41) is 6.49. The molecule has 0 heterocycles. The molecule has 0 fully saturated rings. The van der Waals surface area contributed by atoms with Crippen molar-refractivity contribution in [2.24, 2.45) is 5.10 Å².